The molecule has 82 valence electrons. The van der Waals surface area contributed by atoms with Crippen LogP contribution in [0.5, 0.6) is 0 Å². The molecule has 1 fully saturated rings. The molecule has 0 bridgehead atoms. The van der Waals surface area contributed by atoms with Gasteiger partial charge in [-0.2, -0.15) is 0 Å². The molecule has 1 heterocycles. The van der Waals surface area contributed by atoms with Crippen LogP contribution in [0.25, 0.3) is 0 Å². The number of hydrogen-bond acceptors (Lipinski definition) is 2. The predicted octanol–water partition coefficient (Wildman–Crippen LogP) is 1.69. The maximum Gasteiger partial charge on any atom is 0.307 e. The molecule has 3 heteroatoms. The SMILES string of the molecule is CC1CC(C)CN(CC(C)C(=O)O)C1. The first-order chi connectivity index (χ1) is 6.49. The van der Waals surface area contributed by atoms with Gasteiger partial charge >= 0.3 is 5.97 Å². The van der Waals surface area contributed by atoms with E-state index in [1.54, 1.807) is 6.92 Å². The van der Waals surface area contributed by atoms with Gasteiger partial charge in [-0.3, -0.25) is 4.79 Å². The standard InChI is InChI=1S/C11H21NO2/c1-8-4-9(2)6-12(5-8)7-10(3)11(13)14/h8-10H,4-7H2,1-3H3,(H,13,14). The highest BCUT2D eigenvalue weighted by atomic mass is 16.4. The number of aliphatic carboxylic acids is 1. The lowest BCUT2D eigenvalue weighted by molar-refractivity contribution is -0.142. The molecule has 0 amide bonds. The zero-order chi connectivity index (χ0) is 10.7. The van der Waals surface area contributed by atoms with Crippen LogP contribution in [0.4, 0.5) is 0 Å². The lowest BCUT2D eigenvalue weighted by Crippen LogP contribution is -2.42. The van der Waals surface area contributed by atoms with Crippen molar-refractivity contribution in [3.05, 3.63) is 0 Å². The number of carbonyl (C=O) groups is 1. The fourth-order valence-corrected chi connectivity index (χ4v) is 2.41. The molecule has 3 atom stereocenters. The molecule has 1 aliphatic rings. The molecular formula is C11H21NO2. The third-order valence-electron chi connectivity index (χ3n) is 2.90. The first-order valence-electron chi connectivity index (χ1n) is 5.44. The Labute approximate surface area is 86.1 Å². The Balaban J connectivity index is 2.40. The fraction of sp³-hybridized carbons (Fsp3) is 0.909. The molecule has 0 saturated carbocycles. The molecule has 3 unspecified atom stereocenters. The molecule has 0 spiro atoms. The smallest absolute Gasteiger partial charge is 0.307 e. The number of piperidine rings is 1. The lowest BCUT2D eigenvalue weighted by Gasteiger charge is -2.35. The molecule has 1 saturated heterocycles. The van der Waals surface area contributed by atoms with Gasteiger partial charge in [-0.25, -0.2) is 0 Å². The van der Waals surface area contributed by atoms with Gasteiger partial charge in [-0.1, -0.05) is 20.8 Å². The largest absolute Gasteiger partial charge is 0.481 e. The van der Waals surface area contributed by atoms with Crippen LogP contribution < -0.4 is 0 Å². The molecule has 3 nitrogen and oxygen atoms in total. The number of nitrogens with zero attached hydrogens (tertiary/aromatic N) is 1. The highest BCUT2D eigenvalue weighted by Crippen LogP contribution is 2.21. The van der Waals surface area contributed by atoms with Crippen LogP contribution in [-0.2, 0) is 4.79 Å². The lowest BCUT2D eigenvalue weighted by atomic mass is 9.91. The van der Waals surface area contributed by atoms with E-state index >= 15 is 0 Å². The maximum absolute atomic E-state index is 10.7. The van der Waals surface area contributed by atoms with E-state index in [4.69, 9.17) is 5.11 Å². The van der Waals surface area contributed by atoms with E-state index in [9.17, 15) is 4.79 Å². The van der Waals surface area contributed by atoms with Gasteiger partial charge in [0.05, 0.1) is 5.92 Å². The summed E-state index contributed by atoms with van der Waals surface area (Å²) in [6.45, 7) is 9.09. The Bertz CT molecular complexity index is 195. The van der Waals surface area contributed by atoms with Gasteiger partial charge in [0.1, 0.15) is 0 Å². The van der Waals surface area contributed by atoms with Crippen LogP contribution in [0, 0.1) is 17.8 Å². The summed E-state index contributed by atoms with van der Waals surface area (Å²) in [7, 11) is 0. The van der Waals surface area contributed by atoms with Gasteiger partial charge in [-0.15, -0.1) is 0 Å². The third kappa shape index (κ3) is 3.29. The van der Waals surface area contributed by atoms with Crippen LogP contribution in [0.1, 0.15) is 27.2 Å². The van der Waals surface area contributed by atoms with Gasteiger partial charge in [-0.05, 0) is 18.3 Å². The minimum atomic E-state index is -0.684. The summed E-state index contributed by atoms with van der Waals surface area (Å²) >= 11 is 0. The molecule has 0 aliphatic carbocycles. The van der Waals surface area contributed by atoms with Crippen molar-refractivity contribution in [2.24, 2.45) is 17.8 Å². The van der Waals surface area contributed by atoms with E-state index < -0.39 is 5.97 Å². The van der Waals surface area contributed by atoms with Crippen molar-refractivity contribution in [1.29, 1.82) is 0 Å². The Morgan fingerprint density at radius 2 is 1.93 bits per heavy atom. The summed E-state index contributed by atoms with van der Waals surface area (Å²) in [5, 5.41) is 8.82. The second kappa shape index (κ2) is 4.78. The van der Waals surface area contributed by atoms with E-state index in [0.717, 1.165) is 13.1 Å². The molecule has 14 heavy (non-hydrogen) atoms. The number of carboxylic acids is 1. The summed E-state index contributed by atoms with van der Waals surface area (Å²) in [5.74, 6) is 0.489. The molecule has 0 radical (unpaired) electrons. The average Bonchev–Trinajstić information content (AvgIpc) is 2.01. The molecule has 1 aliphatic heterocycles. The normalized spacial score (nSPS) is 31.4. The van der Waals surface area contributed by atoms with Crippen molar-refractivity contribution in [2.45, 2.75) is 27.2 Å². The number of hydrogen-bond donors (Lipinski definition) is 1. The van der Waals surface area contributed by atoms with E-state index in [-0.39, 0.29) is 5.92 Å². The second-order valence-electron chi connectivity index (χ2n) is 4.90. The Morgan fingerprint density at radius 3 is 2.36 bits per heavy atom. The third-order valence-corrected chi connectivity index (χ3v) is 2.90. The summed E-state index contributed by atoms with van der Waals surface area (Å²) in [5.41, 5.74) is 0. The van der Waals surface area contributed by atoms with Crippen molar-refractivity contribution in [1.82, 2.24) is 4.90 Å². The molecule has 0 aromatic heterocycles. The van der Waals surface area contributed by atoms with Gasteiger partial charge in [0, 0.05) is 19.6 Å². The fourth-order valence-electron chi connectivity index (χ4n) is 2.41. The zero-order valence-corrected chi connectivity index (χ0v) is 9.36. The first-order valence-corrected chi connectivity index (χ1v) is 5.44. The molecular weight excluding hydrogens is 178 g/mol. The summed E-state index contributed by atoms with van der Waals surface area (Å²) < 4.78 is 0. The van der Waals surface area contributed by atoms with Crippen molar-refractivity contribution in [2.75, 3.05) is 19.6 Å². The topological polar surface area (TPSA) is 40.5 Å². The van der Waals surface area contributed by atoms with Gasteiger partial charge in [0.2, 0.25) is 0 Å². The molecule has 1 rings (SSSR count). The predicted molar refractivity (Wildman–Crippen MR) is 56.2 cm³/mol. The Morgan fingerprint density at radius 1 is 1.43 bits per heavy atom. The highest BCUT2D eigenvalue weighted by Gasteiger charge is 2.24. The van der Waals surface area contributed by atoms with Gasteiger partial charge in [0.25, 0.3) is 0 Å². The minimum Gasteiger partial charge on any atom is -0.481 e. The number of rotatable bonds is 3. The molecule has 0 aromatic rings. The molecule has 0 aromatic carbocycles. The van der Waals surface area contributed by atoms with Gasteiger partial charge < -0.3 is 10.0 Å². The number of carboxylic acid groups (broad SMARTS) is 1. The Hall–Kier alpha value is -0.570. The van der Waals surface area contributed by atoms with Gasteiger partial charge in [0.15, 0.2) is 0 Å². The maximum atomic E-state index is 10.7. The van der Waals surface area contributed by atoms with Crippen LogP contribution in [0.2, 0.25) is 0 Å². The quantitative estimate of drug-likeness (QED) is 0.752. The van der Waals surface area contributed by atoms with E-state index in [1.165, 1.54) is 6.42 Å². The molecule has 1 N–H and O–H groups in total. The van der Waals surface area contributed by atoms with Crippen LogP contribution >= 0.6 is 0 Å². The summed E-state index contributed by atoms with van der Waals surface area (Å²) in [4.78, 5) is 13.0. The summed E-state index contributed by atoms with van der Waals surface area (Å²) in [6, 6.07) is 0. The minimum absolute atomic E-state index is 0.243. The zero-order valence-electron chi connectivity index (χ0n) is 9.36. The monoisotopic (exact) mass is 199 g/mol. The van der Waals surface area contributed by atoms with Crippen molar-refractivity contribution < 1.29 is 9.90 Å². The van der Waals surface area contributed by atoms with Crippen LogP contribution in [0.15, 0.2) is 0 Å². The van der Waals surface area contributed by atoms with E-state index in [2.05, 4.69) is 18.7 Å². The van der Waals surface area contributed by atoms with Crippen molar-refractivity contribution >= 4 is 5.97 Å². The highest BCUT2D eigenvalue weighted by molar-refractivity contribution is 5.69. The number of likely N-dealkylation sites (tertiary alicyclic amines) is 1. The summed E-state index contributed by atoms with van der Waals surface area (Å²) in [6.07, 6.45) is 1.28. The second-order valence-corrected chi connectivity index (χ2v) is 4.90. The van der Waals surface area contributed by atoms with Crippen molar-refractivity contribution in [3.8, 4) is 0 Å². The first kappa shape index (κ1) is 11.5. The average molecular weight is 199 g/mol. The Kier molecular flexibility index (Phi) is 3.93. The van der Waals surface area contributed by atoms with E-state index in [1.807, 2.05) is 0 Å². The van der Waals surface area contributed by atoms with Crippen molar-refractivity contribution in [3.63, 3.8) is 0 Å². The van der Waals surface area contributed by atoms with E-state index in [0.29, 0.717) is 18.4 Å². The van der Waals surface area contributed by atoms with Crippen LogP contribution in [-0.4, -0.2) is 35.6 Å². The van der Waals surface area contributed by atoms with Crippen LogP contribution in [0.3, 0.4) is 0 Å².